The van der Waals surface area contributed by atoms with Crippen molar-refractivity contribution in [3.05, 3.63) is 28.8 Å². The molecule has 106 valence electrons. The molecule has 0 amide bonds. The lowest BCUT2D eigenvalue weighted by Gasteiger charge is -2.39. The molecule has 1 aromatic carbocycles. The molecule has 1 N–H and O–H groups in total. The van der Waals surface area contributed by atoms with Crippen molar-refractivity contribution in [1.82, 2.24) is 4.90 Å². The maximum Gasteiger partial charge on any atom is 0.123 e. The fraction of sp³-hybridized carbons (Fsp3) is 0.600. The third-order valence-electron chi connectivity index (χ3n) is 3.88. The first-order chi connectivity index (χ1) is 9.06. The molecular formula is C15H22ClNO2. The van der Waals surface area contributed by atoms with Gasteiger partial charge in [-0.25, -0.2) is 0 Å². The summed E-state index contributed by atoms with van der Waals surface area (Å²) in [4.78, 5) is 2.37. The zero-order chi connectivity index (χ0) is 13.9. The SMILES string of the molecule is COc1ccc(Cl)cc1CN1CCCC(C)(CO)C1. The van der Waals surface area contributed by atoms with E-state index in [-0.39, 0.29) is 12.0 Å². The summed E-state index contributed by atoms with van der Waals surface area (Å²) in [5, 5.41) is 10.2. The van der Waals surface area contributed by atoms with E-state index in [0.29, 0.717) is 0 Å². The summed E-state index contributed by atoms with van der Waals surface area (Å²) >= 11 is 6.06. The van der Waals surface area contributed by atoms with Gasteiger partial charge in [-0.05, 0) is 37.6 Å². The Balaban J connectivity index is 2.10. The fourth-order valence-electron chi connectivity index (χ4n) is 2.80. The highest BCUT2D eigenvalue weighted by atomic mass is 35.5. The Morgan fingerprint density at radius 2 is 2.26 bits per heavy atom. The molecule has 1 aliphatic rings. The Morgan fingerprint density at radius 1 is 1.47 bits per heavy atom. The molecule has 0 aliphatic carbocycles. The number of rotatable bonds is 4. The van der Waals surface area contributed by atoms with Crippen LogP contribution in [0.1, 0.15) is 25.3 Å². The molecular weight excluding hydrogens is 262 g/mol. The quantitative estimate of drug-likeness (QED) is 0.922. The summed E-state index contributed by atoms with van der Waals surface area (Å²) in [6, 6.07) is 5.72. The van der Waals surface area contributed by atoms with Crippen LogP contribution in [0.2, 0.25) is 5.02 Å². The molecule has 1 atom stereocenters. The van der Waals surface area contributed by atoms with Gasteiger partial charge in [-0.2, -0.15) is 0 Å². The highest BCUT2D eigenvalue weighted by Gasteiger charge is 2.30. The monoisotopic (exact) mass is 283 g/mol. The van der Waals surface area contributed by atoms with E-state index in [0.717, 1.165) is 48.8 Å². The van der Waals surface area contributed by atoms with Crippen molar-refractivity contribution in [3.8, 4) is 5.75 Å². The molecule has 19 heavy (non-hydrogen) atoms. The van der Waals surface area contributed by atoms with Gasteiger partial charge in [-0.3, -0.25) is 4.90 Å². The van der Waals surface area contributed by atoms with E-state index in [9.17, 15) is 5.11 Å². The number of methoxy groups -OCH3 is 1. The van der Waals surface area contributed by atoms with Crippen LogP contribution in [0.25, 0.3) is 0 Å². The Morgan fingerprint density at radius 3 is 2.95 bits per heavy atom. The Hall–Kier alpha value is -0.770. The maximum atomic E-state index is 9.51. The number of aliphatic hydroxyl groups is 1. The van der Waals surface area contributed by atoms with Crippen molar-refractivity contribution in [3.63, 3.8) is 0 Å². The summed E-state index contributed by atoms with van der Waals surface area (Å²) in [5.41, 5.74) is 1.13. The van der Waals surface area contributed by atoms with Crippen LogP contribution in [0.4, 0.5) is 0 Å². The van der Waals surface area contributed by atoms with Gasteiger partial charge in [0.15, 0.2) is 0 Å². The number of hydrogen-bond donors (Lipinski definition) is 1. The predicted octanol–water partition coefficient (Wildman–Crippen LogP) is 2.94. The van der Waals surface area contributed by atoms with E-state index in [1.54, 1.807) is 7.11 Å². The van der Waals surface area contributed by atoms with Gasteiger partial charge in [-0.1, -0.05) is 18.5 Å². The van der Waals surface area contributed by atoms with Gasteiger partial charge in [0.25, 0.3) is 0 Å². The van der Waals surface area contributed by atoms with Crippen LogP contribution >= 0.6 is 11.6 Å². The molecule has 2 rings (SSSR count). The van der Waals surface area contributed by atoms with Gasteiger partial charge in [0.2, 0.25) is 0 Å². The second kappa shape index (κ2) is 6.12. The van der Waals surface area contributed by atoms with Crippen LogP contribution in [0.3, 0.4) is 0 Å². The molecule has 0 saturated carbocycles. The van der Waals surface area contributed by atoms with Gasteiger partial charge in [0, 0.05) is 35.7 Å². The summed E-state index contributed by atoms with van der Waals surface area (Å²) in [5.74, 6) is 0.876. The maximum absolute atomic E-state index is 9.51. The van der Waals surface area contributed by atoms with Crippen molar-refractivity contribution in [1.29, 1.82) is 0 Å². The molecule has 4 heteroatoms. The minimum Gasteiger partial charge on any atom is -0.496 e. The summed E-state index contributed by atoms with van der Waals surface area (Å²) in [6.07, 6.45) is 2.21. The van der Waals surface area contributed by atoms with Crippen LogP contribution < -0.4 is 4.74 Å². The zero-order valence-electron chi connectivity index (χ0n) is 11.7. The van der Waals surface area contributed by atoms with Crippen LogP contribution in [0.15, 0.2) is 18.2 Å². The van der Waals surface area contributed by atoms with Crippen molar-refractivity contribution >= 4 is 11.6 Å². The van der Waals surface area contributed by atoms with Crippen molar-refractivity contribution in [2.24, 2.45) is 5.41 Å². The first-order valence-electron chi connectivity index (χ1n) is 6.72. The Bertz CT molecular complexity index is 438. The lowest BCUT2D eigenvalue weighted by molar-refractivity contribution is 0.0426. The minimum absolute atomic E-state index is 0.0179. The third-order valence-corrected chi connectivity index (χ3v) is 4.11. The summed E-state index contributed by atoms with van der Waals surface area (Å²) in [7, 11) is 1.68. The van der Waals surface area contributed by atoms with E-state index in [4.69, 9.17) is 16.3 Å². The number of hydrogen-bond acceptors (Lipinski definition) is 3. The molecule has 1 saturated heterocycles. The first-order valence-corrected chi connectivity index (χ1v) is 7.10. The van der Waals surface area contributed by atoms with Crippen molar-refractivity contribution in [2.45, 2.75) is 26.3 Å². The number of likely N-dealkylation sites (tertiary alicyclic amines) is 1. The van der Waals surface area contributed by atoms with Crippen LogP contribution in [-0.4, -0.2) is 36.8 Å². The largest absolute Gasteiger partial charge is 0.496 e. The summed E-state index contributed by atoms with van der Waals surface area (Å²) < 4.78 is 5.39. The van der Waals surface area contributed by atoms with Gasteiger partial charge < -0.3 is 9.84 Å². The number of nitrogens with zero attached hydrogens (tertiary/aromatic N) is 1. The van der Waals surface area contributed by atoms with Gasteiger partial charge in [-0.15, -0.1) is 0 Å². The number of aliphatic hydroxyl groups excluding tert-OH is 1. The topological polar surface area (TPSA) is 32.7 Å². The first kappa shape index (κ1) is 14.6. The Kier molecular flexibility index (Phi) is 4.71. The predicted molar refractivity (Wildman–Crippen MR) is 77.7 cm³/mol. The van der Waals surface area contributed by atoms with Crippen molar-refractivity contribution in [2.75, 3.05) is 26.8 Å². The number of halogens is 1. The molecule has 1 fully saturated rings. The van der Waals surface area contributed by atoms with E-state index in [1.807, 2.05) is 18.2 Å². The average Bonchev–Trinajstić information content (AvgIpc) is 2.39. The minimum atomic E-state index is 0.0179. The van der Waals surface area contributed by atoms with E-state index in [1.165, 1.54) is 0 Å². The molecule has 1 aromatic rings. The van der Waals surface area contributed by atoms with E-state index >= 15 is 0 Å². The highest BCUT2D eigenvalue weighted by Crippen LogP contribution is 2.31. The lowest BCUT2D eigenvalue weighted by Crippen LogP contribution is -2.43. The van der Waals surface area contributed by atoms with Gasteiger partial charge >= 0.3 is 0 Å². The second-order valence-corrected chi connectivity index (χ2v) is 6.18. The molecule has 0 radical (unpaired) electrons. The number of benzene rings is 1. The van der Waals surface area contributed by atoms with Crippen LogP contribution in [-0.2, 0) is 6.54 Å². The molecule has 1 heterocycles. The highest BCUT2D eigenvalue weighted by molar-refractivity contribution is 6.30. The molecule has 0 bridgehead atoms. The Labute approximate surface area is 120 Å². The molecule has 0 spiro atoms. The second-order valence-electron chi connectivity index (χ2n) is 5.74. The fourth-order valence-corrected chi connectivity index (χ4v) is 3.00. The third kappa shape index (κ3) is 3.62. The van der Waals surface area contributed by atoms with Gasteiger partial charge in [0.05, 0.1) is 7.11 Å². The molecule has 1 unspecified atom stereocenters. The van der Waals surface area contributed by atoms with E-state index in [2.05, 4.69) is 11.8 Å². The standard InChI is InChI=1S/C15H22ClNO2/c1-15(11-18)6-3-7-17(10-15)9-12-8-13(16)4-5-14(12)19-2/h4-5,8,18H,3,6-7,9-11H2,1-2H3. The van der Waals surface area contributed by atoms with Crippen molar-refractivity contribution < 1.29 is 9.84 Å². The summed E-state index contributed by atoms with van der Waals surface area (Å²) in [6.45, 7) is 5.19. The number of ether oxygens (including phenoxy) is 1. The van der Waals surface area contributed by atoms with E-state index < -0.39 is 0 Å². The normalized spacial score (nSPS) is 24.4. The smallest absolute Gasteiger partial charge is 0.123 e. The molecule has 0 aromatic heterocycles. The van der Waals surface area contributed by atoms with Crippen LogP contribution in [0, 0.1) is 5.41 Å². The van der Waals surface area contributed by atoms with Crippen LogP contribution in [0.5, 0.6) is 5.75 Å². The lowest BCUT2D eigenvalue weighted by atomic mass is 9.82. The molecule has 3 nitrogen and oxygen atoms in total. The van der Waals surface area contributed by atoms with Gasteiger partial charge in [0.1, 0.15) is 5.75 Å². The number of piperidine rings is 1. The average molecular weight is 284 g/mol. The molecule has 1 aliphatic heterocycles. The zero-order valence-corrected chi connectivity index (χ0v) is 12.4.